The second kappa shape index (κ2) is 10.5. The van der Waals surface area contributed by atoms with Gasteiger partial charge in [-0.05, 0) is 19.8 Å². The lowest BCUT2D eigenvalue weighted by atomic mass is 10.2. The lowest BCUT2D eigenvalue weighted by Gasteiger charge is -2.18. The molecule has 1 N–H and O–H groups in total. The summed E-state index contributed by atoms with van der Waals surface area (Å²) in [5.41, 5.74) is 0. The van der Waals surface area contributed by atoms with E-state index in [2.05, 4.69) is 19.2 Å². The van der Waals surface area contributed by atoms with Gasteiger partial charge in [0.2, 0.25) is 5.91 Å². The standard InChI is InChI=1S/C13H28N2O2/c1-5-15(6-2)13(16)7-8-14-9-10-17-11-12(3)4/h12,14H,5-11H2,1-4H3. The van der Waals surface area contributed by atoms with E-state index in [0.717, 1.165) is 39.4 Å². The van der Waals surface area contributed by atoms with Crippen molar-refractivity contribution in [2.24, 2.45) is 5.92 Å². The lowest BCUT2D eigenvalue weighted by Crippen LogP contribution is -2.33. The number of rotatable bonds is 10. The van der Waals surface area contributed by atoms with Crippen LogP contribution >= 0.6 is 0 Å². The van der Waals surface area contributed by atoms with Crippen LogP contribution in [-0.4, -0.2) is 50.2 Å². The van der Waals surface area contributed by atoms with Crippen molar-refractivity contribution in [3.8, 4) is 0 Å². The van der Waals surface area contributed by atoms with E-state index in [-0.39, 0.29) is 5.91 Å². The van der Waals surface area contributed by atoms with Crippen molar-refractivity contribution < 1.29 is 9.53 Å². The van der Waals surface area contributed by atoms with Crippen LogP contribution in [-0.2, 0) is 9.53 Å². The maximum atomic E-state index is 11.6. The lowest BCUT2D eigenvalue weighted by molar-refractivity contribution is -0.130. The Morgan fingerprint density at radius 2 is 1.88 bits per heavy atom. The van der Waals surface area contributed by atoms with E-state index >= 15 is 0 Å². The molecule has 102 valence electrons. The van der Waals surface area contributed by atoms with Crippen LogP contribution in [0.4, 0.5) is 0 Å². The highest BCUT2D eigenvalue weighted by Gasteiger charge is 2.07. The Kier molecular flexibility index (Phi) is 10.2. The summed E-state index contributed by atoms with van der Waals surface area (Å²) < 4.78 is 5.43. The van der Waals surface area contributed by atoms with Gasteiger partial charge in [0, 0.05) is 39.2 Å². The Balaban J connectivity index is 3.36. The molecule has 0 rings (SSSR count). The second-order valence-electron chi connectivity index (χ2n) is 4.53. The molecule has 0 spiro atoms. The smallest absolute Gasteiger partial charge is 0.223 e. The zero-order valence-corrected chi connectivity index (χ0v) is 11.8. The summed E-state index contributed by atoms with van der Waals surface area (Å²) in [7, 11) is 0. The third-order valence-electron chi connectivity index (χ3n) is 2.51. The molecule has 0 atom stereocenters. The molecule has 1 amide bonds. The molecule has 0 radical (unpaired) electrons. The van der Waals surface area contributed by atoms with Crippen molar-refractivity contribution in [3.05, 3.63) is 0 Å². The number of hydrogen-bond donors (Lipinski definition) is 1. The van der Waals surface area contributed by atoms with Crippen molar-refractivity contribution in [1.82, 2.24) is 10.2 Å². The summed E-state index contributed by atoms with van der Waals surface area (Å²) in [6.07, 6.45) is 0.575. The number of carbonyl (C=O) groups excluding carboxylic acids is 1. The van der Waals surface area contributed by atoms with E-state index in [1.807, 2.05) is 18.7 Å². The Bertz CT molecular complexity index is 192. The van der Waals surface area contributed by atoms with Crippen LogP contribution in [0.3, 0.4) is 0 Å². The molecule has 0 saturated heterocycles. The molecule has 0 aromatic rings. The van der Waals surface area contributed by atoms with Crippen LogP contribution in [0.2, 0.25) is 0 Å². The zero-order valence-electron chi connectivity index (χ0n) is 11.8. The fraction of sp³-hybridized carbons (Fsp3) is 0.923. The summed E-state index contributed by atoms with van der Waals surface area (Å²) in [6.45, 7) is 13.0. The molecule has 0 aliphatic rings. The Morgan fingerprint density at radius 3 is 2.41 bits per heavy atom. The van der Waals surface area contributed by atoms with Gasteiger partial charge in [-0.3, -0.25) is 4.79 Å². The molecule has 0 heterocycles. The molecular weight excluding hydrogens is 216 g/mol. The topological polar surface area (TPSA) is 41.6 Å². The first kappa shape index (κ1) is 16.4. The van der Waals surface area contributed by atoms with Gasteiger partial charge in [-0.25, -0.2) is 0 Å². The molecule has 0 bridgehead atoms. The summed E-state index contributed by atoms with van der Waals surface area (Å²) >= 11 is 0. The van der Waals surface area contributed by atoms with E-state index in [9.17, 15) is 4.79 Å². The largest absolute Gasteiger partial charge is 0.380 e. The second-order valence-corrected chi connectivity index (χ2v) is 4.53. The van der Waals surface area contributed by atoms with Gasteiger partial charge < -0.3 is 15.0 Å². The SMILES string of the molecule is CCN(CC)C(=O)CCNCCOCC(C)C. The molecule has 4 heteroatoms. The minimum atomic E-state index is 0.227. The van der Waals surface area contributed by atoms with Crippen LogP contribution in [0.5, 0.6) is 0 Å². The Hall–Kier alpha value is -0.610. The van der Waals surface area contributed by atoms with Gasteiger partial charge in [-0.15, -0.1) is 0 Å². The van der Waals surface area contributed by atoms with Gasteiger partial charge in [0.25, 0.3) is 0 Å². The van der Waals surface area contributed by atoms with Gasteiger partial charge >= 0.3 is 0 Å². The quantitative estimate of drug-likeness (QED) is 0.592. The summed E-state index contributed by atoms with van der Waals surface area (Å²) in [5, 5.41) is 3.22. The third-order valence-corrected chi connectivity index (χ3v) is 2.51. The monoisotopic (exact) mass is 244 g/mol. The van der Waals surface area contributed by atoms with Crippen LogP contribution in [0.1, 0.15) is 34.1 Å². The number of hydrogen-bond acceptors (Lipinski definition) is 3. The summed E-state index contributed by atoms with van der Waals surface area (Å²) in [6, 6.07) is 0. The van der Waals surface area contributed by atoms with Crippen molar-refractivity contribution in [1.29, 1.82) is 0 Å². The van der Waals surface area contributed by atoms with Crippen LogP contribution in [0, 0.1) is 5.92 Å². The normalized spacial score (nSPS) is 10.9. The number of amides is 1. The van der Waals surface area contributed by atoms with Crippen molar-refractivity contribution in [2.45, 2.75) is 34.1 Å². The van der Waals surface area contributed by atoms with E-state index in [1.54, 1.807) is 0 Å². The minimum Gasteiger partial charge on any atom is -0.380 e. The van der Waals surface area contributed by atoms with Gasteiger partial charge in [0.15, 0.2) is 0 Å². The minimum absolute atomic E-state index is 0.227. The van der Waals surface area contributed by atoms with Crippen molar-refractivity contribution in [3.63, 3.8) is 0 Å². The van der Waals surface area contributed by atoms with Gasteiger partial charge in [0.1, 0.15) is 0 Å². The molecule has 0 aliphatic heterocycles. The van der Waals surface area contributed by atoms with E-state index in [4.69, 9.17) is 4.74 Å². The molecule has 0 saturated carbocycles. The van der Waals surface area contributed by atoms with Crippen molar-refractivity contribution >= 4 is 5.91 Å². The molecule has 4 nitrogen and oxygen atoms in total. The van der Waals surface area contributed by atoms with Crippen LogP contribution < -0.4 is 5.32 Å². The van der Waals surface area contributed by atoms with E-state index in [1.165, 1.54) is 0 Å². The van der Waals surface area contributed by atoms with E-state index in [0.29, 0.717) is 12.3 Å². The average molecular weight is 244 g/mol. The average Bonchev–Trinajstić information content (AvgIpc) is 2.29. The van der Waals surface area contributed by atoms with Gasteiger partial charge in [-0.2, -0.15) is 0 Å². The fourth-order valence-corrected chi connectivity index (χ4v) is 1.52. The molecule has 17 heavy (non-hydrogen) atoms. The first-order chi connectivity index (χ1) is 8.11. The van der Waals surface area contributed by atoms with E-state index < -0.39 is 0 Å². The Labute approximate surface area is 106 Å². The summed E-state index contributed by atoms with van der Waals surface area (Å²) in [4.78, 5) is 13.5. The number of nitrogens with zero attached hydrogens (tertiary/aromatic N) is 1. The highest BCUT2D eigenvalue weighted by Crippen LogP contribution is 1.93. The number of ether oxygens (including phenoxy) is 1. The predicted molar refractivity (Wildman–Crippen MR) is 71.1 cm³/mol. The fourth-order valence-electron chi connectivity index (χ4n) is 1.52. The highest BCUT2D eigenvalue weighted by atomic mass is 16.5. The number of carbonyl (C=O) groups is 1. The third kappa shape index (κ3) is 9.12. The van der Waals surface area contributed by atoms with Crippen molar-refractivity contribution in [2.75, 3.05) is 39.4 Å². The predicted octanol–water partition coefficient (Wildman–Crippen LogP) is 1.51. The van der Waals surface area contributed by atoms with Gasteiger partial charge in [0.05, 0.1) is 6.61 Å². The Morgan fingerprint density at radius 1 is 1.24 bits per heavy atom. The summed E-state index contributed by atoms with van der Waals surface area (Å²) in [5.74, 6) is 0.810. The molecule has 0 fully saturated rings. The molecular formula is C13H28N2O2. The molecule has 0 unspecified atom stereocenters. The first-order valence-corrected chi connectivity index (χ1v) is 6.68. The maximum absolute atomic E-state index is 11.6. The highest BCUT2D eigenvalue weighted by molar-refractivity contribution is 5.76. The zero-order chi connectivity index (χ0) is 13.1. The van der Waals surface area contributed by atoms with Gasteiger partial charge in [-0.1, -0.05) is 13.8 Å². The maximum Gasteiger partial charge on any atom is 0.223 e. The molecule has 0 aliphatic carbocycles. The number of nitrogens with one attached hydrogen (secondary N) is 1. The molecule has 0 aromatic carbocycles. The molecule has 0 aromatic heterocycles. The first-order valence-electron chi connectivity index (χ1n) is 6.68. The van der Waals surface area contributed by atoms with Crippen LogP contribution in [0.15, 0.2) is 0 Å². The van der Waals surface area contributed by atoms with Crippen LogP contribution in [0.25, 0.3) is 0 Å².